The van der Waals surface area contributed by atoms with Crippen LogP contribution in [0.4, 0.5) is 0 Å². The lowest BCUT2D eigenvalue weighted by Gasteiger charge is -2.43. The van der Waals surface area contributed by atoms with Gasteiger partial charge in [-0.3, -0.25) is 14.4 Å². The number of nitrogens with zero attached hydrogens (tertiary/aromatic N) is 1. The summed E-state index contributed by atoms with van der Waals surface area (Å²) in [5, 5.41) is 0. The third-order valence-corrected chi connectivity index (χ3v) is 6.91. The minimum absolute atomic E-state index is 0.0317. The van der Waals surface area contributed by atoms with E-state index >= 15 is 0 Å². The first-order valence-corrected chi connectivity index (χ1v) is 17.0. The Labute approximate surface area is 275 Å². The SMILES string of the molecule is CC.CC(=O)CCOCC(COCCC(=O)C(C)C)N(C)C(=O)CC(C)(C)OC1CC(OC(C)(S)CC(C)C)C1.CC(C)N. The second-order valence-electron chi connectivity index (χ2n) is 13.5. The standard InChI is InChI=1S/C29H53NO7S.C3H9N.C2H6/c1-20(2)16-29(8,38)37-25-14-24(15-25)36-28(6,7)17-27(33)30(9)23(18-34-12-10-22(5)31)19-35-13-11-26(32)21(3)4;1-3(2)4;1-2/h20-21,23-25,38H,10-19H2,1-9H3;3H,4H2,1-2H3;1-2H3. The molecule has 0 aromatic carbocycles. The molecule has 9 nitrogen and oxygen atoms in total. The molecule has 0 saturated heterocycles. The molecular formula is C34H68N2O7S. The minimum Gasteiger partial charge on any atom is -0.379 e. The number of Topliss-reactive ketones (excluding diaryl/α,β-unsaturated/α-hetero) is 2. The lowest BCUT2D eigenvalue weighted by atomic mass is 9.90. The fourth-order valence-electron chi connectivity index (χ4n) is 4.45. The Morgan fingerprint density at radius 2 is 1.34 bits per heavy atom. The Balaban J connectivity index is 0. The average Bonchev–Trinajstić information content (AvgIpc) is 2.85. The molecule has 2 unspecified atom stereocenters. The predicted octanol–water partition coefficient (Wildman–Crippen LogP) is 6.25. The first-order valence-electron chi connectivity index (χ1n) is 16.5. The van der Waals surface area contributed by atoms with Crippen LogP contribution in [0.25, 0.3) is 0 Å². The molecule has 0 aromatic rings. The maximum Gasteiger partial charge on any atom is 0.225 e. The smallest absolute Gasteiger partial charge is 0.225 e. The van der Waals surface area contributed by atoms with E-state index in [-0.39, 0.29) is 61.3 Å². The van der Waals surface area contributed by atoms with Gasteiger partial charge in [0.05, 0.1) is 56.7 Å². The van der Waals surface area contributed by atoms with Crippen molar-refractivity contribution in [2.45, 2.75) is 156 Å². The van der Waals surface area contributed by atoms with Crippen LogP contribution in [-0.4, -0.2) is 90.7 Å². The highest BCUT2D eigenvalue weighted by molar-refractivity contribution is 7.81. The molecule has 1 saturated carbocycles. The summed E-state index contributed by atoms with van der Waals surface area (Å²) in [6.45, 7) is 24.4. The normalized spacial score (nSPS) is 18.4. The lowest BCUT2D eigenvalue weighted by Crippen LogP contribution is -2.48. The molecule has 262 valence electrons. The number of amides is 1. The molecule has 2 N–H and O–H groups in total. The van der Waals surface area contributed by atoms with E-state index in [1.165, 1.54) is 6.92 Å². The van der Waals surface area contributed by atoms with E-state index in [0.29, 0.717) is 38.0 Å². The molecule has 0 spiro atoms. The second kappa shape index (κ2) is 23.3. The summed E-state index contributed by atoms with van der Waals surface area (Å²) >= 11 is 4.68. The molecule has 1 aliphatic rings. The van der Waals surface area contributed by atoms with Crippen molar-refractivity contribution in [3.8, 4) is 0 Å². The fourth-order valence-corrected chi connectivity index (χ4v) is 4.96. The lowest BCUT2D eigenvalue weighted by molar-refractivity contribution is -0.178. The third-order valence-electron chi connectivity index (χ3n) is 6.62. The first kappa shape index (κ1) is 45.1. The second-order valence-corrected chi connectivity index (χ2v) is 14.5. The number of rotatable bonds is 20. The van der Waals surface area contributed by atoms with Crippen LogP contribution in [0, 0.1) is 11.8 Å². The molecule has 1 aliphatic carbocycles. The summed E-state index contributed by atoms with van der Waals surface area (Å²) in [7, 11) is 1.73. The number of hydrogen-bond donors (Lipinski definition) is 2. The molecular weight excluding hydrogens is 580 g/mol. The zero-order valence-corrected chi connectivity index (χ0v) is 31.3. The number of hydrogen-bond acceptors (Lipinski definition) is 9. The van der Waals surface area contributed by atoms with Crippen molar-refractivity contribution in [3.05, 3.63) is 0 Å². The molecule has 0 radical (unpaired) electrons. The van der Waals surface area contributed by atoms with Gasteiger partial charge in [0.25, 0.3) is 0 Å². The highest BCUT2D eigenvalue weighted by Gasteiger charge is 2.39. The van der Waals surface area contributed by atoms with Gasteiger partial charge in [-0.25, -0.2) is 0 Å². The van der Waals surface area contributed by atoms with Gasteiger partial charge in [0, 0.05) is 38.6 Å². The Bertz CT molecular complexity index is 794. The highest BCUT2D eigenvalue weighted by atomic mass is 32.1. The van der Waals surface area contributed by atoms with Crippen LogP contribution >= 0.6 is 12.6 Å². The van der Waals surface area contributed by atoms with Gasteiger partial charge >= 0.3 is 0 Å². The van der Waals surface area contributed by atoms with Crippen molar-refractivity contribution < 1.29 is 33.3 Å². The average molecular weight is 649 g/mol. The van der Waals surface area contributed by atoms with Crippen molar-refractivity contribution >= 4 is 30.1 Å². The zero-order chi connectivity index (χ0) is 34.7. The topological polar surface area (TPSA) is 117 Å². The van der Waals surface area contributed by atoms with E-state index in [1.54, 1.807) is 11.9 Å². The summed E-state index contributed by atoms with van der Waals surface area (Å²) in [6.07, 6.45) is 3.49. The van der Waals surface area contributed by atoms with E-state index in [0.717, 1.165) is 19.3 Å². The zero-order valence-electron chi connectivity index (χ0n) is 30.4. The monoisotopic (exact) mass is 648 g/mol. The quantitative estimate of drug-likeness (QED) is 0.0905. The number of thiol groups is 1. The molecule has 1 rings (SSSR count). The van der Waals surface area contributed by atoms with Crippen molar-refractivity contribution in [3.63, 3.8) is 0 Å². The Morgan fingerprint density at radius 1 is 0.886 bits per heavy atom. The number of carbonyl (C=O) groups is 3. The number of carbonyl (C=O) groups excluding carboxylic acids is 3. The van der Waals surface area contributed by atoms with Crippen molar-refractivity contribution in [1.82, 2.24) is 4.90 Å². The van der Waals surface area contributed by atoms with Crippen LogP contribution in [0.15, 0.2) is 0 Å². The van der Waals surface area contributed by atoms with Crippen molar-refractivity contribution in [1.29, 1.82) is 0 Å². The summed E-state index contributed by atoms with van der Waals surface area (Å²) in [6, 6.07) is -0.00471. The summed E-state index contributed by atoms with van der Waals surface area (Å²) in [5.74, 6) is 0.587. The molecule has 0 bridgehead atoms. The molecule has 1 fully saturated rings. The Morgan fingerprint density at radius 3 is 1.77 bits per heavy atom. The van der Waals surface area contributed by atoms with Crippen LogP contribution in [0.1, 0.15) is 122 Å². The molecule has 2 atom stereocenters. The van der Waals surface area contributed by atoms with Gasteiger partial charge in [-0.2, -0.15) is 0 Å². The van der Waals surface area contributed by atoms with Gasteiger partial charge in [-0.15, -0.1) is 12.6 Å². The van der Waals surface area contributed by atoms with E-state index in [9.17, 15) is 14.4 Å². The molecule has 1 amide bonds. The van der Waals surface area contributed by atoms with Gasteiger partial charge in [0.15, 0.2) is 0 Å². The summed E-state index contributed by atoms with van der Waals surface area (Å²) in [5.41, 5.74) is 4.47. The molecule has 0 aliphatic heterocycles. The fraction of sp³-hybridized carbons (Fsp3) is 0.912. The molecule has 0 aromatic heterocycles. The first-order chi connectivity index (χ1) is 20.2. The predicted molar refractivity (Wildman–Crippen MR) is 183 cm³/mol. The van der Waals surface area contributed by atoms with Crippen LogP contribution < -0.4 is 5.73 Å². The van der Waals surface area contributed by atoms with Gasteiger partial charge in [0.1, 0.15) is 16.5 Å². The number of likely N-dealkylation sites (N-methyl/N-ethyl adjacent to an activating group) is 1. The van der Waals surface area contributed by atoms with Crippen LogP contribution in [0.3, 0.4) is 0 Å². The maximum absolute atomic E-state index is 13.2. The Kier molecular flexibility index (Phi) is 23.9. The van der Waals surface area contributed by atoms with Crippen LogP contribution in [0.2, 0.25) is 0 Å². The van der Waals surface area contributed by atoms with Gasteiger partial charge in [-0.05, 0) is 46.1 Å². The summed E-state index contributed by atoms with van der Waals surface area (Å²) < 4.78 is 23.9. The van der Waals surface area contributed by atoms with Crippen LogP contribution in [-0.2, 0) is 33.3 Å². The van der Waals surface area contributed by atoms with E-state index < -0.39 is 10.5 Å². The van der Waals surface area contributed by atoms with Gasteiger partial charge in [0.2, 0.25) is 5.91 Å². The molecule has 10 heteroatoms. The highest BCUT2D eigenvalue weighted by Crippen LogP contribution is 2.36. The van der Waals surface area contributed by atoms with Crippen LogP contribution in [0.5, 0.6) is 0 Å². The van der Waals surface area contributed by atoms with Crippen molar-refractivity contribution in [2.75, 3.05) is 33.5 Å². The maximum atomic E-state index is 13.2. The number of nitrogens with two attached hydrogens (primary N) is 1. The Hall–Kier alpha value is -1.04. The van der Waals surface area contributed by atoms with Crippen molar-refractivity contribution in [2.24, 2.45) is 17.6 Å². The third kappa shape index (κ3) is 23.3. The molecule has 0 heterocycles. The number of ether oxygens (including phenoxy) is 4. The largest absolute Gasteiger partial charge is 0.379 e. The van der Waals surface area contributed by atoms with Gasteiger partial charge < -0.3 is 29.6 Å². The van der Waals surface area contributed by atoms with E-state index in [4.69, 9.17) is 24.7 Å². The molecule has 44 heavy (non-hydrogen) atoms. The minimum atomic E-state index is -0.645. The van der Waals surface area contributed by atoms with E-state index in [2.05, 4.69) is 26.5 Å². The van der Waals surface area contributed by atoms with Gasteiger partial charge in [-0.1, -0.05) is 55.4 Å². The van der Waals surface area contributed by atoms with E-state index in [1.807, 2.05) is 62.3 Å². The summed E-state index contributed by atoms with van der Waals surface area (Å²) in [4.78, 5) is 37.5. The number of ketones is 2.